The lowest BCUT2D eigenvalue weighted by Crippen LogP contribution is -2.29. The number of hydrogen-bond acceptors (Lipinski definition) is 7. The van der Waals surface area contributed by atoms with E-state index in [4.69, 9.17) is 10.8 Å². The van der Waals surface area contributed by atoms with Crippen LogP contribution in [0.2, 0.25) is 0 Å². The minimum Gasteiger partial charge on any atom is -0.395 e. The summed E-state index contributed by atoms with van der Waals surface area (Å²) in [4.78, 5) is 11.9. The van der Waals surface area contributed by atoms with Gasteiger partial charge in [-0.25, -0.2) is 19.3 Å². The zero-order chi connectivity index (χ0) is 13.6. The molecule has 0 radical (unpaired) electrons. The van der Waals surface area contributed by atoms with Gasteiger partial charge in [-0.2, -0.15) is 0 Å². The maximum Gasteiger partial charge on any atom is 0.166 e. The Morgan fingerprint density at radius 2 is 2.21 bits per heavy atom. The van der Waals surface area contributed by atoms with Crippen LogP contribution in [0.1, 0.15) is 5.37 Å². The van der Waals surface area contributed by atoms with E-state index in [1.165, 1.54) is 17.2 Å². The second-order valence-electron chi connectivity index (χ2n) is 4.27. The van der Waals surface area contributed by atoms with Crippen molar-refractivity contribution in [3.8, 4) is 0 Å². The quantitative estimate of drug-likeness (QED) is 0.695. The first kappa shape index (κ1) is 12.6. The van der Waals surface area contributed by atoms with Gasteiger partial charge in [0.15, 0.2) is 17.6 Å². The molecule has 1 saturated heterocycles. The van der Waals surface area contributed by atoms with Crippen molar-refractivity contribution in [2.24, 2.45) is 0 Å². The van der Waals surface area contributed by atoms with E-state index in [0.717, 1.165) is 11.8 Å². The Balaban J connectivity index is 2.04. The summed E-state index contributed by atoms with van der Waals surface area (Å²) in [6.07, 6.45) is -0.0119. The minimum absolute atomic E-state index is 0.224. The molecule has 4 N–H and O–H groups in total. The number of fused-ring (bicyclic) bond motifs is 1. The highest BCUT2D eigenvalue weighted by Gasteiger charge is 2.44. The zero-order valence-electron chi connectivity index (χ0n) is 9.72. The Hall–Kier alpha value is -1.45. The number of aliphatic hydroxyl groups excluding tert-OH is 2. The van der Waals surface area contributed by atoms with Gasteiger partial charge < -0.3 is 15.9 Å². The van der Waals surface area contributed by atoms with Crippen LogP contribution in [0.5, 0.6) is 0 Å². The van der Waals surface area contributed by atoms with Gasteiger partial charge in [-0.05, 0) is 0 Å². The fourth-order valence-corrected chi connectivity index (χ4v) is 3.49. The molecule has 3 rings (SSSR count). The number of nitrogen functional groups attached to an aromatic ring is 1. The van der Waals surface area contributed by atoms with Crippen molar-refractivity contribution in [2.45, 2.75) is 22.9 Å². The van der Waals surface area contributed by atoms with Gasteiger partial charge >= 0.3 is 0 Å². The summed E-state index contributed by atoms with van der Waals surface area (Å²) in [5.74, 6) is 0.224. The summed E-state index contributed by atoms with van der Waals surface area (Å²) < 4.78 is 15.6. The van der Waals surface area contributed by atoms with Crippen LogP contribution in [-0.4, -0.2) is 53.9 Å². The van der Waals surface area contributed by atoms with Crippen molar-refractivity contribution in [3.05, 3.63) is 12.7 Å². The van der Waals surface area contributed by atoms with Crippen LogP contribution in [0.15, 0.2) is 12.7 Å². The van der Waals surface area contributed by atoms with Gasteiger partial charge in [-0.1, -0.05) is 0 Å². The number of halogens is 1. The van der Waals surface area contributed by atoms with Crippen LogP contribution in [0.25, 0.3) is 11.2 Å². The molecule has 1 fully saturated rings. The molecule has 1 aliphatic heterocycles. The molecule has 2 aromatic heterocycles. The van der Waals surface area contributed by atoms with Gasteiger partial charge in [0.2, 0.25) is 0 Å². The topological polar surface area (TPSA) is 110 Å². The fraction of sp³-hybridized carbons (Fsp3) is 0.500. The summed E-state index contributed by atoms with van der Waals surface area (Å²) >= 11 is 1.15. The van der Waals surface area contributed by atoms with Crippen LogP contribution < -0.4 is 5.73 Å². The van der Waals surface area contributed by atoms with Crippen molar-refractivity contribution in [1.29, 1.82) is 0 Å². The number of aromatic nitrogens is 4. The fourth-order valence-electron chi connectivity index (χ4n) is 2.13. The molecule has 0 aliphatic carbocycles. The maximum atomic E-state index is 14.1. The van der Waals surface area contributed by atoms with Crippen LogP contribution in [0.3, 0.4) is 0 Å². The molecule has 102 valence electrons. The van der Waals surface area contributed by atoms with Crippen molar-refractivity contribution in [2.75, 3.05) is 12.3 Å². The normalized spacial score (nSPS) is 31.1. The lowest BCUT2D eigenvalue weighted by atomic mass is 10.1. The number of anilines is 1. The van der Waals surface area contributed by atoms with Crippen molar-refractivity contribution in [1.82, 2.24) is 19.5 Å². The first-order chi connectivity index (χ1) is 9.13. The molecule has 1 aliphatic rings. The molecule has 0 aromatic carbocycles. The van der Waals surface area contributed by atoms with Crippen LogP contribution in [0, 0.1) is 0 Å². The molecule has 19 heavy (non-hydrogen) atoms. The summed E-state index contributed by atoms with van der Waals surface area (Å²) in [6, 6.07) is 0. The second kappa shape index (κ2) is 4.58. The third-order valence-corrected chi connectivity index (χ3v) is 4.68. The standard InChI is InChI=1S/C10H12FN5O2S/c11-5-7(18)4(1-17)19-10(5)16-3-15-6-8(12)13-2-14-9(6)16/h2-5,7,10,17-18H,1H2,(H2,12,13,14)/t4-,5+,7+,10-/m0/s1. The van der Waals surface area contributed by atoms with E-state index in [-0.39, 0.29) is 12.4 Å². The number of alkyl halides is 1. The highest BCUT2D eigenvalue weighted by Crippen LogP contribution is 2.44. The molecule has 2 aromatic rings. The summed E-state index contributed by atoms with van der Waals surface area (Å²) in [6.45, 7) is -0.285. The number of nitrogens with two attached hydrogens (primary N) is 1. The van der Waals surface area contributed by atoms with Crippen LogP contribution in [-0.2, 0) is 0 Å². The largest absolute Gasteiger partial charge is 0.395 e. The van der Waals surface area contributed by atoms with E-state index in [1.54, 1.807) is 0 Å². The molecule has 0 bridgehead atoms. The maximum absolute atomic E-state index is 14.1. The van der Waals surface area contributed by atoms with Gasteiger partial charge in [-0.3, -0.25) is 4.57 Å². The van der Waals surface area contributed by atoms with Crippen LogP contribution in [0.4, 0.5) is 10.2 Å². The first-order valence-electron chi connectivity index (χ1n) is 5.65. The molecular weight excluding hydrogens is 273 g/mol. The average molecular weight is 285 g/mol. The third-order valence-electron chi connectivity index (χ3n) is 3.13. The van der Waals surface area contributed by atoms with Gasteiger partial charge in [-0.15, -0.1) is 11.8 Å². The lowest BCUT2D eigenvalue weighted by Gasteiger charge is -2.14. The Morgan fingerprint density at radius 3 is 2.89 bits per heavy atom. The van der Waals surface area contributed by atoms with E-state index < -0.39 is 22.9 Å². The molecule has 3 heterocycles. The Kier molecular flexibility index (Phi) is 3.03. The van der Waals surface area contributed by atoms with Crippen molar-refractivity contribution in [3.63, 3.8) is 0 Å². The summed E-state index contributed by atoms with van der Waals surface area (Å²) in [5.41, 5.74) is 6.48. The summed E-state index contributed by atoms with van der Waals surface area (Å²) in [7, 11) is 0. The Bertz CT molecular complexity index is 609. The predicted molar refractivity (Wildman–Crippen MR) is 68.1 cm³/mol. The van der Waals surface area contributed by atoms with Gasteiger partial charge in [0.25, 0.3) is 0 Å². The Labute approximate surface area is 111 Å². The third kappa shape index (κ3) is 1.85. The molecule has 0 amide bonds. The number of rotatable bonds is 2. The second-order valence-corrected chi connectivity index (χ2v) is 5.63. The lowest BCUT2D eigenvalue weighted by molar-refractivity contribution is 0.0642. The molecule has 4 atom stereocenters. The number of hydrogen-bond donors (Lipinski definition) is 3. The van der Waals surface area contributed by atoms with Gasteiger partial charge in [0.05, 0.1) is 18.2 Å². The van der Waals surface area contributed by atoms with E-state index >= 15 is 0 Å². The molecular formula is C10H12FN5O2S. The Morgan fingerprint density at radius 1 is 1.42 bits per heavy atom. The average Bonchev–Trinajstić information content (AvgIpc) is 2.94. The zero-order valence-corrected chi connectivity index (χ0v) is 10.5. The first-order valence-corrected chi connectivity index (χ1v) is 6.59. The van der Waals surface area contributed by atoms with Crippen molar-refractivity contribution < 1.29 is 14.6 Å². The molecule has 0 saturated carbocycles. The molecule has 9 heteroatoms. The number of nitrogens with zero attached hydrogens (tertiary/aromatic N) is 4. The SMILES string of the molecule is Nc1ncnc2c1ncn2[C@H]1S[C@@H](CO)[C@@H](O)[C@H]1F. The molecule has 0 unspecified atom stereocenters. The highest BCUT2D eigenvalue weighted by atomic mass is 32.2. The summed E-state index contributed by atoms with van der Waals surface area (Å²) in [5, 5.41) is 17.6. The highest BCUT2D eigenvalue weighted by molar-refractivity contribution is 8.00. The van der Waals surface area contributed by atoms with E-state index in [0.29, 0.717) is 11.2 Å². The molecule has 0 spiro atoms. The minimum atomic E-state index is -1.50. The predicted octanol–water partition coefficient (Wildman–Crippen LogP) is -0.286. The number of thioether (sulfide) groups is 1. The monoisotopic (exact) mass is 285 g/mol. The smallest absolute Gasteiger partial charge is 0.166 e. The van der Waals surface area contributed by atoms with E-state index in [2.05, 4.69) is 15.0 Å². The van der Waals surface area contributed by atoms with Crippen molar-refractivity contribution >= 4 is 28.7 Å². The van der Waals surface area contributed by atoms with Gasteiger partial charge in [0.1, 0.15) is 23.3 Å². The van der Waals surface area contributed by atoms with E-state index in [9.17, 15) is 9.50 Å². The number of imidazole rings is 1. The molecule has 7 nitrogen and oxygen atoms in total. The van der Waals surface area contributed by atoms with Crippen LogP contribution >= 0.6 is 11.8 Å². The van der Waals surface area contributed by atoms with Gasteiger partial charge in [0, 0.05) is 0 Å². The number of aliphatic hydroxyl groups is 2. The van der Waals surface area contributed by atoms with E-state index in [1.807, 2.05) is 0 Å².